The van der Waals surface area contributed by atoms with Gasteiger partial charge in [-0.2, -0.15) is 5.01 Å². The maximum absolute atomic E-state index is 12.5. The third-order valence-corrected chi connectivity index (χ3v) is 5.00. The largest absolute Gasteiger partial charge is 0.298 e. The molecular weight excluding hydrogens is 392 g/mol. The zero-order chi connectivity index (χ0) is 18.7. The third-order valence-electron chi connectivity index (χ3n) is 3.46. The molecule has 1 heterocycles. The second-order valence-corrected chi connectivity index (χ2v) is 7.37. The predicted octanol–water partition coefficient (Wildman–Crippen LogP) is 3.70. The summed E-state index contributed by atoms with van der Waals surface area (Å²) in [6, 6.07) is 13.1. The Morgan fingerprint density at radius 2 is 1.85 bits per heavy atom. The first kappa shape index (κ1) is 18.3. The van der Waals surface area contributed by atoms with E-state index >= 15 is 0 Å². The Hall–Kier alpha value is -2.48. The average Bonchev–Trinajstić information content (AvgIpc) is 2.89. The van der Waals surface area contributed by atoms with Gasteiger partial charge in [0, 0.05) is 16.1 Å². The van der Waals surface area contributed by atoms with Crippen LogP contribution in [0.1, 0.15) is 26.3 Å². The monoisotopic (exact) mass is 402 g/mol. The van der Waals surface area contributed by atoms with Crippen LogP contribution >= 0.6 is 35.6 Å². The average molecular weight is 403 g/mol. The molecule has 0 radical (unpaired) electrons. The lowest BCUT2D eigenvalue weighted by Crippen LogP contribution is -2.44. The number of nitrogens with one attached hydrogen (secondary N) is 1. The molecule has 2 aromatic rings. The second kappa shape index (κ2) is 7.82. The lowest BCUT2D eigenvalue weighted by atomic mass is 10.1. The first-order valence-corrected chi connectivity index (χ1v) is 8.98. The van der Waals surface area contributed by atoms with Crippen LogP contribution in [0.3, 0.4) is 0 Å². The second-order valence-electron chi connectivity index (χ2n) is 5.25. The normalized spacial score (nSPS) is 15.4. The molecule has 1 aliphatic heterocycles. The Labute approximate surface area is 164 Å². The van der Waals surface area contributed by atoms with Gasteiger partial charge in [0.05, 0.1) is 4.91 Å². The summed E-state index contributed by atoms with van der Waals surface area (Å²) in [4.78, 5) is 35.9. The van der Waals surface area contributed by atoms with Crippen molar-refractivity contribution in [3.63, 3.8) is 0 Å². The van der Waals surface area contributed by atoms with E-state index in [1.165, 1.54) is 6.07 Å². The molecule has 26 heavy (non-hydrogen) atoms. The van der Waals surface area contributed by atoms with Crippen molar-refractivity contribution >= 4 is 64.1 Å². The number of rotatable bonds is 4. The van der Waals surface area contributed by atoms with E-state index in [2.05, 4.69) is 5.43 Å². The van der Waals surface area contributed by atoms with Gasteiger partial charge in [0.2, 0.25) is 0 Å². The SMILES string of the molecule is O=Cc1ccc(/C=C2\SC(=S)N(NC(=O)c3cccc(Cl)c3)C2=O)cc1. The highest BCUT2D eigenvalue weighted by atomic mass is 35.5. The first-order valence-electron chi connectivity index (χ1n) is 7.37. The van der Waals surface area contributed by atoms with Gasteiger partial charge < -0.3 is 0 Å². The van der Waals surface area contributed by atoms with Crippen molar-refractivity contribution in [2.24, 2.45) is 0 Å². The van der Waals surface area contributed by atoms with Crippen molar-refractivity contribution in [3.05, 3.63) is 75.1 Å². The van der Waals surface area contributed by atoms with Gasteiger partial charge >= 0.3 is 0 Å². The van der Waals surface area contributed by atoms with E-state index in [1.54, 1.807) is 48.5 Å². The fourth-order valence-corrected chi connectivity index (χ4v) is 3.55. The number of carbonyl (C=O) groups excluding carboxylic acids is 3. The predicted molar refractivity (Wildman–Crippen MR) is 106 cm³/mol. The fourth-order valence-electron chi connectivity index (χ4n) is 2.18. The summed E-state index contributed by atoms with van der Waals surface area (Å²) < 4.78 is 0.223. The highest BCUT2D eigenvalue weighted by Gasteiger charge is 2.33. The van der Waals surface area contributed by atoms with Gasteiger partial charge in [-0.25, -0.2) is 0 Å². The molecule has 0 aromatic heterocycles. The Balaban J connectivity index is 1.76. The highest BCUT2D eigenvalue weighted by Crippen LogP contribution is 2.31. The standard InChI is InChI=1S/C18H11ClN2O3S2/c19-14-3-1-2-13(9-14)16(23)20-21-17(24)15(26-18(21)25)8-11-4-6-12(10-22)7-5-11/h1-10H,(H,20,23)/b15-8-. The van der Waals surface area contributed by atoms with Crippen molar-refractivity contribution in [2.45, 2.75) is 0 Å². The van der Waals surface area contributed by atoms with Crippen molar-refractivity contribution in [2.75, 3.05) is 0 Å². The van der Waals surface area contributed by atoms with E-state index in [4.69, 9.17) is 23.8 Å². The van der Waals surface area contributed by atoms with E-state index in [0.717, 1.165) is 28.6 Å². The van der Waals surface area contributed by atoms with E-state index in [9.17, 15) is 14.4 Å². The Kier molecular flexibility index (Phi) is 5.51. The zero-order valence-electron chi connectivity index (χ0n) is 13.1. The molecule has 1 saturated heterocycles. The van der Waals surface area contributed by atoms with Crippen molar-refractivity contribution in [1.29, 1.82) is 0 Å². The van der Waals surface area contributed by atoms with Crippen LogP contribution in [0.25, 0.3) is 6.08 Å². The van der Waals surface area contributed by atoms with Gasteiger partial charge in [-0.05, 0) is 42.1 Å². The molecule has 5 nitrogen and oxygen atoms in total. The molecule has 8 heteroatoms. The maximum atomic E-state index is 12.5. The Morgan fingerprint density at radius 1 is 1.15 bits per heavy atom. The third kappa shape index (κ3) is 4.01. The molecule has 3 rings (SSSR count). The smallest absolute Gasteiger partial charge is 0.285 e. The number of hydrogen-bond acceptors (Lipinski definition) is 5. The van der Waals surface area contributed by atoms with E-state index < -0.39 is 11.8 Å². The molecule has 1 N–H and O–H groups in total. The molecule has 0 aliphatic carbocycles. The molecule has 0 bridgehead atoms. The van der Waals surface area contributed by atoms with E-state index in [1.807, 2.05) is 0 Å². The van der Waals surface area contributed by atoms with Crippen LogP contribution in [0.15, 0.2) is 53.4 Å². The quantitative estimate of drug-likeness (QED) is 0.480. The van der Waals surface area contributed by atoms with Gasteiger partial charge in [0.25, 0.3) is 11.8 Å². The van der Waals surface area contributed by atoms with Crippen LogP contribution in [-0.2, 0) is 4.79 Å². The number of halogens is 1. The summed E-state index contributed by atoms with van der Waals surface area (Å²) in [6.07, 6.45) is 2.40. The maximum Gasteiger partial charge on any atom is 0.285 e. The van der Waals surface area contributed by atoms with E-state index in [0.29, 0.717) is 21.1 Å². The summed E-state index contributed by atoms with van der Waals surface area (Å²) in [6.45, 7) is 0. The summed E-state index contributed by atoms with van der Waals surface area (Å²) in [5.41, 5.74) is 4.10. The van der Waals surface area contributed by atoms with Crippen LogP contribution in [0.5, 0.6) is 0 Å². The number of carbonyl (C=O) groups is 3. The van der Waals surface area contributed by atoms with Gasteiger partial charge in [0.1, 0.15) is 6.29 Å². The minimum absolute atomic E-state index is 0.223. The van der Waals surface area contributed by atoms with Gasteiger partial charge in [-0.3, -0.25) is 19.8 Å². The fraction of sp³-hybridized carbons (Fsp3) is 0. The minimum atomic E-state index is -0.486. The van der Waals surface area contributed by atoms with Gasteiger partial charge in [-0.1, -0.05) is 53.7 Å². The van der Waals surface area contributed by atoms with Crippen LogP contribution in [0.2, 0.25) is 5.02 Å². The number of benzene rings is 2. The number of nitrogens with zero attached hydrogens (tertiary/aromatic N) is 1. The number of aldehydes is 1. The number of thioether (sulfide) groups is 1. The minimum Gasteiger partial charge on any atom is -0.298 e. The summed E-state index contributed by atoms with van der Waals surface area (Å²) in [7, 11) is 0. The molecule has 1 aliphatic rings. The van der Waals surface area contributed by atoms with Crippen molar-refractivity contribution in [3.8, 4) is 0 Å². The first-order chi connectivity index (χ1) is 12.5. The zero-order valence-corrected chi connectivity index (χ0v) is 15.5. The van der Waals surface area contributed by atoms with Crippen LogP contribution < -0.4 is 5.43 Å². The Bertz CT molecular complexity index is 942. The van der Waals surface area contributed by atoms with Crippen LogP contribution in [-0.4, -0.2) is 27.4 Å². The lowest BCUT2D eigenvalue weighted by molar-refractivity contribution is -0.123. The number of amides is 2. The van der Waals surface area contributed by atoms with Crippen LogP contribution in [0.4, 0.5) is 0 Å². The molecule has 0 saturated carbocycles. The molecule has 0 spiro atoms. The van der Waals surface area contributed by atoms with Crippen molar-refractivity contribution in [1.82, 2.24) is 10.4 Å². The molecule has 2 aromatic carbocycles. The summed E-state index contributed by atoms with van der Waals surface area (Å²) in [5.74, 6) is -0.907. The van der Waals surface area contributed by atoms with Gasteiger partial charge in [0.15, 0.2) is 4.32 Å². The van der Waals surface area contributed by atoms with Gasteiger partial charge in [-0.15, -0.1) is 0 Å². The number of hydrazine groups is 1. The highest BCUT2D eigenvalue weighted by molar-refractivity contribution is 8.26. The molecule has 130 valence electrons. The van der Waals surface area contributed by atoms with E-state index in [-0.39, 0.29) is 4.32 Å². The van der Waals surface area contributed by atoms with Crippen LogP contribution in [0, 0.1) is 0 Å². The molecular formula is C18H11ClN2O3S2. The number of thiocarbonyl (C=S) groups is 1. The summed E-state index contributed by atoms with van der Waals surface area (Å²) >= 11 is 12.1. The number of hydrogen-bond donors (Lipinski definition) is 1. The Morgan fingerprint density at radius 3 is 2.50 bits per heavy atom. The molecule has 0 atom stereocenters. The van der Waals surface area contributed by atoms with Crippen molar-refractivity contribution < 1.29 is 14.4 Å². The topological polar surface area (TPSA) is 66.5 Å². The molecule has 1 fully saturated rings. The molecule has 2 amide bonds. The molecule has 0 unspecified atom stereocenters. The lowest BCUT2D eigenvalue weighted by Gasteiger charge is -2.15. The summed E-state index contributed by atoms with van der Waals surface area (Å²) in [5, 5.41) is 1.45.